The Labute approximate surface area is 70.6 Å². The first-order valence-corrected chi connectivity index (χ1v) is 3.80. The van der Waals surface area contributed by atoms with Gasteiger partial charge in [-0.25, -0.2) is 0 Å². The van der Waals surface area contributed by atoms with E-state index in [0.29, 0.717) is 12.8 Å². The van der Waals surface area contributed by atoms with Gasteiger partial charge in [0.25, 0.3) is 0 Å². The summed E-state index contributed by atoms with van der Waals surface area (Å²) in [7, 11) is 0. The third-order valence-electron chi connectivity index (χ3n) is 2.22. The van der Waals surface area contributed by atoms with Crippen molar-refractivity contribution < 1.29 is 9.59 Å². The van der Waals surface area contributed by atoms with Gasteiger partial charge < -0.3 is 11.5 Å². The predicted octanol–water partition coefficient (Wildman–Crippen LogP) is -0.317. The van der Waals surface area contributed by atoms with Crippen LogP contribution >= 0.6 is 0 Å². The molecule has 2 amide bonds. The maximum absolute atomic E-state index is 11.0. The van der Waals surface area contributed by atoms with Gasteiger partial charge in [0.2, 0.25) is 11.8 Å². The first-order chi connectivity index (χ1) is 5.57. The molecule has 0 saturated heterocycles. The molecule has 0 atom stereocenters. The monoisotopic (exact) mass is 168 g/mol. The van der Waals surface area contributed by atoms with Gasteiger partial charge in [-0.1, -0.05) is 12.2 Å². The zero-order valence-electron chi connectivity index (χ0n) is 6.75. The summed E-state index contributed by atoms with van der Waals surface area (Å²) in [5.41, 5.74) is 9.48. The second-order valence-electron chi connectivity index (χ2n) is 3.17. The number of nitrogens with two attached hydrogens (primary N) is 2. The smallest absolute Gasteiger partial charge is 0.224 e. The van der Waals surface area contributed by atoms with Crippen LogP contribution in [0.4, 0.5) is 0 Å². The number of allylic oxidation sites excluding steroid dienone is 2. The maximum Gasteiger partial charge on any atom is 0.224 e. The highest BCUT2D eigenvalue weighted by Crippen LogP contribution is 2.35. The number of rotatable bonds is 3. The second-order valence-corrected chi connectivity index (χ2v) is 3.17. The van der Waals surface area contributed by atoms with E-state index in [-0.39, 0.29) is 6.42 Å². The Hall–Kier alpha value is -1.32. The molecule has 66 valence electrons. The summed E-state index contributed by atoms with van der Waals surface area (Å²) < 4.78 is 0. The summed E-state index contributed by atoms with van der Waals surface area (Å²) in [5.74, 6) is -0.913. The van der Waals surface area contributed by atoms with Crippen molar-refractivity contribution in [2.75, 3.05) is 0 Å². The van der Waals surface area contributed by atoms with Crippen LogP contribution in [-0.4, -0.2) is 11.8 Å². The van der Waals surface area contributed by atoms with Crippen LogP contribution in [0.15, 0.2) is 12.2 Å². The van der Waals surface area contributed by atoms with E-state index in [1.54, 1.807) is 0 Å². The van der Waals surface area contributed by atoms with E-state index in [4.69, 9.17) is 11.5 Å². The molecule has 4 N–H and O–H groups in total. The summed E-state index contributed by atoms with van der Waals surface area (Å²) in [6.45, 7) is 0. The standard InChI is InChI=1S/C8H12N2O2/c9-6(11)5-8(7(10)12)3-1-2-4-8/h1-2H,3-5H2,(H2,9,11)(H2,10,12). The first kappa shape index (κ1) is 8.77. The minimum atomic E-state index is -0.730. The van der Waals surface area contributed by atoms with Crippen LogP contribution in [0.2, 0.25) is 0 Å². The molecule has 0 aromatic rings. The Balaban J connectivity index is 2.74. The number of amides is 2. The highest BCUT2D eigenvalue weighted by atomic mass is 16.2. The van der Waals surface area contributed by atoms with E-state index in [2.05, 4.69) is 0 Å². The molecule has 12 heavy (non-hydrogen) atoms. The summed E-state index contributed by atoms with van der Waals surface area (Å²) in [4.78, 5) is 21.7. The molecule has 1 rings (SSSR count). The van der Waals surface area contributed by atoms with Crippen molar-refractivity contribution in [2.24, 2.45) is 16.9 Å². The molecule has 0 unspecified atom stereocenters. The van der Waals surface area contributed by atoms with Crippen LogP contribution in [-0.2, 0) is 9.59 Å². The lowest BCUT2D eigenvalue weighted by Crippen LogP contribution is -2.38. The number of hydrogen-bond donors (Lipinski definition) is 2. The molecule has 4 heteroatoms. The molecule has 0 aromatic carbocycles. The predicted molar refractivity (Wildman–Crippen MR) is 43.8 cm³/mol. The Kier molecular flexibility index (Phi) is 2.17. The van der Waals surface area contributed by atoms with Crippen molar-refractivity contribution in [3.05, 3.63) is 12.2 Å². The molecular weight excluding hydrogens is 156 g/mol. The third kappa shape index (κ3) is 1.47. The van der Waals surface area contributed by atoms with Crippen LogP contribution in [0.1, 0.15) is 19.3 Å². The topological polar surface area (TPSA) is 86.2 Å². The zero-order chi connectivity index (χ0) is 9.19. The SMILES string of the molecule is NC(=O)CC1(C(N)=O)CC=CC1. The molecule has 0 spiro atoms. The molecule has 0 heterocycles. The van der Waals surface area contributed by atoms with Crippen molar-refractivity contribution in [1.29, 1.82) is 0 Å². The Bertz CT molecular complexity index is 237. The molecule has 0 saturated carbocycles. The van der Waals surface area contributed by atoms with Gasteiger partial charge in [0, 0.05) is 6.42 Å². The minimum absolute atomic E-state index is 0.0509. The van der Waals surface area contributed by atoms with Crippen molar-refractivity contribution in [1.82, 2.24) is 0 Å². The molecule has 0 fully saturated rings. The summed E-state index contributed by atoms with van der Waals surface area (Å²) >= 11 is 0. The highest BCUT2D eigenvalue weighted by Gasteiger charge is 2.38. The molecule has 1 aliphatic carbocycles. The summed E-state index contributed by atoms with van der Waals surface area (Å²) in [6, 6.07) is 0. The Morgan fingerprint density at radius 1 is 1.25 bits per heavy atom. The molecule has 0 aliphatic heterocycles. The maximum atomic E-state index is 11.0. The van der Waals surface area contributed by atoms with E-state index >= 15 is 0 Å². The fourth-order valence-electron chi connectivity index (χ4n) is 1.47. The number of primary amides is 2. The van der Waals surface area contributed by atoms with Gasteiger partial charge in [0.15, 0.2) is 0 Å². The molecular formula is C8H12N2O2. The van der Waals surface area contributed by atoms with Gasteiger partial charge in [-0.3, -0.25) is 9.59 Å². The second kappa shape index (κ2) is 2.97. The van der Waals surface area contributed by atoms with E-state index in [9.17, 15) is 9.59 Å². The van der Waals surface area contributed by atoms with Crippen molar-refractivity contribution in [3.63, 3.8) is 0 Å². The van der Waals surface area contributed by atoms with Crippen LogP contribution in [0.3, 0.4) is 0 Å². The quantitative estimate of drug-likeness (QED) is 0.566. The summed E-state index contributed by atoms with van der Waals surface area (Å²) in [5, 5.41) is 0. The van der Waals surface area contributed by atoms with Gasteiger partial charge in [0.1, 0.15) is 0 Å². The highest BCUT2D eigenvalue weighted by molar-refractivity contribution is 5.88. The molecule has 0 radical (unpaired) electrons. The largest absolute Gasteiger partial charge is 0.370 e. The van der Waals surface area contributed by atoms with E-state index in [0.717, 1.165) is 0 Å². The third-order valence-corrected chi connectivity index (χ3v) is 2.22. The van der Waals surface area contributed by atoms with Crippen LogP contribution in [0.5, 0.6) is 0 Å². The van der Waals surface area contributed by atoms with Crippen molar-refractivity contribution in [2.45, 2.75) is 19.3 Å². The van der Waals surface area contributed by atoms with Crippen LogP contribution < -0.4 is 11.5 Å². The molecule has 0 bridgehead atoms. The van der Waals surface area contributed by atoms with Gasteiger partial charge in [0.05, 0.1) is 5.41 Å². The lowest BCUT2D eigenvalue weighted by molar-refractivity contribution is -0.132. The fourth-order valence-corrected chi connectivity index (χ4v) is 1.47. The fraction of sp³-hybridized carbons (Fsp3) is 0.500. The number of carbonyl (C=O) groups excluding carboxylic acids is 2. The van der Waals surface area contributed by atoms with E-state index < -0.39 is 17.2 Å². The lowest BCUT2D eigenvalue weighted by atomic mass is 9.81. The Morgan fingerprint density at radius 3 is 2.08 bits per heavy atom. The van der Waals surface area contributed by atoms with Crippen molar-refractivity contribution >= 4 is 11.8 Å². The molecule has 4 nitrogen and oxygen atoms in total. The van der Waals surface area contributed by atoms with Crippen molar-refractivity contribution in [3.8, 4) is 0 Å². The normalized spacial score (nSPS) is 19.3. The van der Waals surface area contributed by atoms with Crippen LogP contribution in [0, 0.1) is 5.41 Å². The van der Waals surface area contributed by atoms with Gasteiger partial charge in [-0.15, -0.1) is 0 Å². The number of carbonyl (C=O) groups is 2. The molecule has 0 aromatic heterocycles. The van der Waals surface area contributed by atoms with Gasteiger partial charge in [-0.2, -0.15) is 0 Å². The molecule has 1 aliphatic rings. The first-order valence-electron chi connectivity index (χ1n) is 3.80. The van der Waals surface area contributed by atoms with E-state index in [1.165, 1.54) is 0 Å². The van der Waals surface area contributed by atoms with Gasteiger partial charge in [-0.05, 0) is 12.8 Å². The van der Waals surface area contributed by atoms with Gasteiger partial charge >= 0.3 is 0 Å². The zero-order valence-corrected chi connectivity index (χ0v) is 6.75. The Morgan fingerprint density at radius 2 is 1.75 bits per heavy atom. The average Bonchev–Trinajstić information content (AvgIpc) is 2.35. The van der Waals surface area contributed by atoms with E-state index in [1.807, 2.05) is 12.2 Å². The minimum Gasteiger partial charge on any atom is -0.370 e. The lowest BCUT2D eigenvalue weighted by Gasteiger charge is -2.22. The average molecular weight is 168 g/mol. The number of hydrogen-bond acceptors (Lipinski definition) is 2. The summed E-state index contributed by atoms with van der Waals surface area (Å²) in [6.07, 6.45) is 4.83. The van der Waals surface area contributed by atoms with Crippen LogP contribution in [0.25, 0.3) is 0 Å².